The summed E-state index contributed by atoms with van der Waals surface area (Å²) in [5.74, 6) is -0.355. The first-order valence-electron chi connectivity index (χ1n) is 5.85. The Hall–Kier alpha value is -0.920. The van der Waals surface area contributed by atoms with Gasteiger partial charge in [-0.15, -0.1) is 11.3 Å². The van der Waals surface area contributed by atoms with E-state index in [1.807, 2.05) is 0 Å². The summed E-state index contributed by atoms with van der Waals surface area (Å²) in [4.78, 5) is 12.2. The predicted octanol–water partition coefficient (Wildman–Crippen LogP) is 1.92. The molecule has 0 aliphatic carbocycles. The molecule has 1 rings (SSSR count). The highest BCUT2D eigenvalue weighted by Gasteiger charge is 2.15. The molecule has 0 radical (unpaired) electrons. The standard InChI is InChI=1S/C12H19NO4S2/c1-12(2,3)6-7-17-10(14)8-9-4-5-11(18-9)19(13,15)16/h4-5H,6-8H2,1-3H3,(H2,13,15,16). The van der Waals surface area contributed by atoms with Gasteiger partial charge in [0, 0.05) is 4.88 Å². The van der Waals surface area contributed by atoms with E-state index in [1.54, 1.807) is 6.07 Å². The van der Waals surface area contributed by atoms with Crippen molar-refractivity contribution in [2.45, 2.75) is 37.8 Å². The Bertz CT molecular complexity index is 540. The third kappa shape index (κ3) is 6.17. The van der Waals surface area contributed by atoms with Gasteiger partial charge < -0.3 is 4.74 Å². The van der Waals surface area contributed by atoms with E-state index in [4.69, 9.17) is 9.88 Å². The number of carbonyl (C=O) groups is 1. The maximum atomic E-state index is 11.6. The molecule has 108 valence electrons. The number of hydrogen-bond donors (Lipinski definition) is 1. The molecule has 1 aromatic heterocycles. The number of sulfonamides is 1. The lowest BCUT2D eigenvalue weighted by molar-refractivity contribution is -0.143. The molecular weight excluding hydrogens is 286 g/mol. The summed E-state index contributed by atoms with van der Waals surface area (Å²) in [6.45, 7) is 6.57. The van der Waals surface area contributed by atoms with Crippen LogP contribution in [0.15, 0.2) is 16.3 Å². The minimum Gasteiger partial charge on any atom is -0.465 e. The van der Waals surface area contributed by atoms with Gasteiger partial charge in [-0.05, 0) is 24.0 Å². The second-order valence-electron chi connectivity index (χ2n) is 5.47. The molecule has 1 heterocycles. The summed E-state index contributed by atoms with van der Waals surface area (Å²) in [5, 5.41) is 5.00. The Kier molecular flexibility index (Phi) is 5.11. The molecule has 7 heteroatoms. The lowest BCUT2D eigenvalue weighted by atomic mass is 9.93. The second-order valence-corrected chi connectivity index (χ2v) is 8.43. The van der Waals surface area contributed by atoms with Gasteiger partial charge >= 0.3 is 5.97 Å². The van der Waals surface area contributed by atoms with Crippen molar-refractivity contribution < 1.29 is 17.9 Å². The molecule has 1 aromatic rings. The van der Waals surface area contributed by atoms with E-state index < -0.39 is 10.0 Å². The maximum Gasteiger partial charge on any atom is 0.311 e. The molecule has 0 saturated carbocycles. The minimum absolute atomic E-state index is 0.0602. The SMILES string of the molecule is CC(C)(C)CCOC(=O)Cc1ccc(S(N)(=O)=O)s1. The van der Waals surface area contributed by atoms with E-state index in [2.05, 4.69) is 20.8 Å². The van der Waals surface area contributed by atoms with Gasteiger partial charge in [-0.1, -0.05) is 20.8 Å². The van der Waals surface area contributed by atoms with Gasteiger partial charge in [-0.2, -0.15) is 0 Å². The summed E-state index contributed by atoms with van der Waals surface area (Å²) in [7, 11) is -3.69. The highest BCUT2D eigenvalue weighted by molar-refractivity contribution is 7.91. The van der Waals surface area contributed by atoms with Crippen LogP contribution in [0.25, 0.3) is 0 Å². The molecule has 0 saturated heterocycles. The van der Waals surface area contributed by atoms with Crippen molar-refractivity contribution in [2.75, 3.05) is 6.61 Å². The van der Waals surface area contributed by atoms with Crippen LogP contribution in [-0.2, 0) is 26.0 Å². The average Bonchev–Trinajstić information content (AvgIpc) is 2.63. The van der Waals surface area contributed by atoms with E-state index >= 15 is 0 Å². The van der Waals surface area contributed by atoms with E-state index in [0.717, 1.165) is 17.8 Å². The van der Waals surface area contributed by atoms with Crippen LogP contribution in [0.5, 0.6) is 0 Å². The number of rotatable bonds is 5. The largest absolute Gasteiger partial charge is 0.465 e. The molecule has 19 heavy (non-hydrogen) atoms. The van der Waals surface area contributed by atoms with Crippen molar-refractivity contribution in [1.29, 1.82) is 0 Å². The normalized spacial score (nSPS) is 12.4. The number of hydrogen-bond acceptors (Lipinski definition) is 5. The van der Waals surface area contributed by atoms with Crippen LogP contribution in [0, 0.1) is 5.41 Å². The predicted molar refractivity (Wildman–Crippen MR) is 74.4 cm³/mol. The van der Waals surface area contributed by atoms with Crippen molar-refractivity contribution in [3.63, 3.8) is 0 Å². The van der Waals surface area contributed by atoms with Gasteiger partial charge in [0.15, 0.2) is 0 Å². The first-order chi connectivity index (χ1) is 8.58. The molecule has 0 atom stereocenters. The fourth-order valence-corrected chi connectivity index (χ4v) is 3.03. The molecule has 0 spiro atoms. The van der Waals surface area contributed by atoms with Crippen LogP contribution in [0.2, 0.25) is 0 Å². The summed E-state index contributed by atoms with van der Waals surface area (Å²) >= 11 is 0.993. The van der Waals surface area contributed by atoms with Gasteiger partial charge in [0.1, 0.15) is 4.21 Å². The second kappa shape index (κ2) is 6.02. The summed E-state index contributed by atoms with van der Waals surface area (Å²) < 4.78 is 27.3. The van der Waals surface area contributed by atoms with E-state index in [9.17, 15) is 13.2 Å². The van der Waals surface area contributed by atoms with Gasteiger partial charge in [0.25, 0.3) is 0 Å². The quantitative estimate of drug-likeness (QED) is 0.842. The lowest BCUT2D eigenvalue weighted by Gasteiger charge is -2.17. The number of esters is 1. The molecule has 0 fully saturated rings. The third-order valence-electron chi connectivity index (χ3n) is 2.35. The summed E-state index contributed by atoms with van der Waals surface area (Å²) in [6.07, 6.45) is 0.857. The fourth-order valence-electron chi connectivity index (χ4n) is 1.27. The van der Waals surface area contributed by atoms with E-state index in [-0.39, 0.29) is 22.0 Å². The Morgan fingerprint density at radius 3 is 2.47 bits per heavy atom. The Morgan fingerprint density at radius 1 is 1.37 bits per heavy atom. The van der Waals surface area contributed by atoms with Gasteiger partial charge in [-0.3, -0.25) is 4.79 Å². The van der Waals surface area contributed by atoms with Crippen LogP contribution >= 0.6 is 11.3 Å². The van der Waals surface area contributed by atoms with Gasteiger partial charge in [0.2, 0.25) is 10.0 Å². The Labute approximate surface area is 117 Å². The number of carbonyl (C=O) groups excluding carboxylic acids is 1. The molecule has 0 amide bonds. The van der Waals surface area contributed by atoms with Crippen molar-refractivity contribution in [3.05, 3.63) is 17.0 Å². The Balaban J connectivity index is 2.47. The van der Waals surface area contributed by atoms with Crippen LogP contribution < -0.4 is 5.14 Å². The summed E-state index contributed by atoms with van der Waals surface area (Å²) in [5.41, 5.74) is 0.115. The summed E-state index contributed by atoms with van der Waals surface area (Å²) in [6, 6.07) is 2.98. The molecule has 0 aliphatic rings. The first kappa shape index (κ1) is 16.1. The van der Waals surface area contributed by atoms with Crippen LogP contribution in [0.1, 0.15) is 32.1 Å². The zero-order chi connectivity index (χ0) is 14.7. The fraction of sp³-hybridized carbons (Fsp3) is 0.583. The topological polar surface area (TPSA) is 86.5 Å². The van der Waals surface area contributed by atoms with Crippen molar-refractivity contribution in [3.8, 4) is 0 Å². The van der Waals surface area contributed by atoms with E-state index in [0.29, 0.717) is 11.5 Å². The highest BCUT2D eigenvalue weighted by atomic mass is 32.2. The first-order valence-corrected chi connectivity index (χ1v) is 8.21. The highest BCUT2D eigenvalue weighted by Crippen LogP contribution is 2.21. The molecule has 2 N–H and O–H groups in total. The zero-order valence-corrected chi connectivity index (χ0v) is 12.9. The zero-order valence-electron chi connectivity index (χ0n) is 11.3. The van der Waals surface area contributed by atoms with Gasteiger partial charge in [-0.25, -0.2) is 13.6 Å². The molecule has 0 unspecified atom stereocenters. The number of primary sulfonamides is 1. The van der Waals surface area contributed by atoms with E-state index in [1.165, 1.54) is 6.07 Å². The van der Waals surface area contributed by atoms with Crippen molar-refractivity contribution in [1.82, 2.24) is 0 Å². The van der Waals surface area contributed by atoms with Crippen molar-refractivity contribution in [2.24, 2.45) is 10.6 Å². The number of thiophene rings is 1. The van der Waals surface area contributed by atoms with Gasteiger partial charge in [0.05, 0.1) is 13.0 Å². The Morgan fingerprint density at radius 2 is 2.00 bits per heavy atom. The average molecular weight is 305 g/mol. The lowest BCUT2D eigenvalue weighted by Crippen LogP contribution is -2.14. The molecular formula is C12H19NO4S2. The van der Waals surface area contributed by atoms with Crippen LogP contribution in [-0.4, -0.2) is 21.0 Å². The third-order valence-corrected chi connectivity index (χ3v) is 4.87. The molecule has 0 bridgehead atoms. The molecule has 0 aliphatic heterocycles. The number of ether oxygens (including phenoxy) is 1. The smallest absolute Gasteiger partial charge is 0.311 e. The molecule has 0 aromatic carbocycles. The number of nitrogens with two attached hydrogens (primary N) is 1. The maximum absolute atomic E-state index is 11.6. The minimum atomic E-state index is -3.69. The van der Waals surface area contributed by atoms with Crippen LogP contribution in [0.3, 0.4) is 0 Å². The van der Waals surface area contributed by atoms with Crippen molar-refractivity contribution >= 4 is 27.3 Å². The van der Waals surface area contributed by atoms with Crippen LogP contribution in [0.4, 0.5) is 0 Å². The molecule has 5 nitrogen and oxygen atoms in total. The monoisotopic (exact) mass is 305 g/mol.